The van der Waals surface area contributed by atoms with Crippen LogP contribution in [0.15, 0.2) is 18.3 Å². The summed E-state index contributed by atoms with van der Waals surface area (Å²) in [6.45, 7) is 6.86. The smallest absolute Gasteiger partial charge is 0.128 e. The van der Waals surface area contributed by atoms with Gasteiger partial charge in [-0.25, -0.2) is 4.98 Å². The molecule has 2 aliphatic rings. The van der Waals surface area contributed by atoms with Crippen LogP contribution in [0.2, 0.25) is 0 Å². The first-order valence-electron chi connectivity index (χ1n) is 6.16. The molecule has 2 fully saturated rings. The number of nitrogens with one attached hydrogen (secondary N) is 1. The van der Waals surface area contributed by atoms with Gasteiger partial charge in [-0.15, -0.1) is 0 Å². The second-order valence-corrected chi connectivity index (χ2v) is 5.28. The number of rotatable bonds is 1. The lowest BCUT2D eigenvalue weighted by Crippen LogP contribution is -2.58. The Kier molecular flexibility index (Phi) is 2.36. The summed E-state index contributed by atoms with van der Waals surface area (Å²) in [5, 5.41) is 3.40. The Morgan fingerprint density at radius 2 is 2.00 bits per heavy atom. The van der Waals surface area contributed by atoms with Crippen LogP contribution in [0.25, 0.3) is 0 Å². The highest BCUT2D eigenvalue weighted by Gasteiger charge is 2.39. The number of hydrogen-bond donors (Lipinski definition) is 1. The summed E-state index contributed by atoms with van der Waals surface area (Å²) in [7, 11) is 0. The highest BCUT2D eigenvalue weighted by Crippen LogP contribution is 2.35. The van der Waals surface area contributed by atoms with E-state index < -0.39 is 0 Å². The lowest BCUT2D eigenvalue weighted by atomic mass is 9.73. The second-order valence-electron chi connectivity index (χ2n) is 5.28. The van der Waals surface area contributed by atoms with Crippen LogP contribution in [0, 0.1) is 12.3 Å². The quantitative estimate of drug-likeness (QED) is 0.774. The third kappa shape index (κ3) is 1.69. The third-order valence-electron chi connectivity index (χ3n) is 4.04. The summed E-state index contributed by atoms with van der Waals surface area (Å²) in [5.74, 6) is 1.15. The van der Waals surface area contributed by atoms with Crippen molar-refractivity contribution in [3.05, 3.63) is 23.9 Å². The SMILES string of the molecule is Cc1ccc(N2CCC3(CC2)CNC3)nc1. The molecule has 3 rings (SSSR count). The molecular formula is C13H19N3. The molecule has 0 aliphatic carbocycles. The predicted molar refractivity (Wildman–Crippen MR) is 65.7 cm³/mol. The van der Waals surface area contributed by atoms with E-state index in [0.717, 1.165) is 18.9 Å². The average molecular weight is 217 g/mol. The molecule has 0 bridgehead atoms. The van der Waals surface area contributed by atoms with E-state index in [1.807, 2.05) is 6.20 Å². The fourth-order valence-corrected chi connectivity index (χ4v) is 2.69. The van der Waals surface area contributed by atoms with Crippen molar-refractivity contribution < 1.29 is 0 Å². The maximum atomic E-state index is 4.50. The molecule has 1 spiro atoms. The number of piperidine rings is 1. The largest absolute Gasteiger partial charge is 0.357 e. The molecule has 3 heteroatoms. The van der Waals surface area contributed by atoms with Gasteiger partial charge in [0.25, 0.3) is 0 Å². The van der Waals surface area contributed by atoms with Gasteiger partial charge in [-0.1, -0.05) is 6.07 Å². The van der Waals surface area contributed by atoms with Gasteiger partial charge in [0.2, 0.25) is 0 Å². The molecule has 0 saturated carbocycles. The van der Waals surface area contributed by atoms with Crippen molar-refractivity contribution in [1.82, 2.24) is 10.3 Å². The Balaban J connectivity index is 1.67. The van der Waals surface area contributed by atoms with E-state index in [2.05, 4.69) is 34.3 Å². The molecule has 2 saturated heterocycles. The molecule has 2 aliphatic heterocycles. The Bertz CT molecular complexity index is 357. The van der Waals surface area contributed by atoms with E-state index in [1.54, 1.807) is 0 Å². The van der Waals surface area contributed by atoms with Crippen molar-refractivity contribution in [2.45, 2.75) is 19.8 Å². The zero-order chi connectivity index (χ0) is 11.0. The fourth-order valence-electron chi connectivity index (χ4n) is 2.69. The maximum Gasteiger partial charge on any atom is 0.128 e. The average Bonchev–Trinajstić information content (AvgIpc) is 2.28. The first kappa shape index (κ1) is 10.1. The molecule has 3 heterocycles. The molecule has 0 amide bonds. The van der Waals surface area contributed by atoms with E-state index in [1.165, 1.54) is 31.5 Å². The second kappa shape index (κ2) is 3.74. The Morgan fingerprint density at radius 3 is 2.50 bits per heavy atom. The van der Waals surface area contributed by atoms with Gasteiger partial charge in [-0.05, 0) is 36.8 Å². The highest BCUT2D eigenvalue weighted by atomic mass is 15.2. The maximum absolute atomic E-state index is 4.50. The van der Waals surface area contributed by atoms with Crippen LogP contribution in [0.5, 0.6) is 0 Å². The van der Waals surface area contributed by atoms with E-state index in [0.29, 0.717) is 5.41 Å². The number of hydrogen-bond acceptors (Lipinski definition) is 3. The zero-order valence-electron chi connectivity index (χ0n) is 9.87. The van der Waals surface area contributed by atoms with Crippen molar-refractivity contribution in [3.8, 4) is 0 Å². The van der Waals surface area contributed by atoms with E-state index in [9.17, 15) is 0 Å². The van der Waals surface area contributed by atoms with Gasteiger partial charge in [-0.3, -0.25) is 0 Å². The number of aryl methyl sites for hydroxylation is 1. The lowest BCUT2D eigenvalue weighted by Gasteiger charge is -2.48. The molecule has 0 radical (unpaired) electrons. The van der Waals surface area contributed by atoms with Gasteiger partial charge < -0.3 is 10.2 Å². The molecule has 3 nitrogen and oxygen atoms in total. The normalized spacial score (nSPS) is 23.2. The van der Waals surface area contributed by atoms with E-state index >= 15 is 0 Å². The van der Waals surface area contributed by atoms with Crippen molar-refractivity contribution in [3.63, 3.8) is 0 Å². The molecule has 0 aromatic carbocycles. The monoisotopic (exact) mass is 217 g/mol. The summed E-state index contributed by atoms with van der Waals surface area (Å²) < 4.78 is 0. The van der Waals surface area contributed by atoms with Crippen LogP contribution < -0.4 is 10.2 Å². The molecular weight excluding hydrogens is 198 g/mol. The van der Waals surface area contributed by atoms with Crippen molar-refractivity contribution in [2.24, 2.45) is 5.41 Å². The van der Waals surface area contributed by atoms with Gasteiger partial charge in [0.05, 0.1) is 0 Å². The Labute approximate surface area is 96.9 Å². The lowest BCUT2D eigenvalue weighted by molar-refractivity contribution is 0.126. The Morgan fingerprint density at radius 1 is 1.25 bits per heavy atom. The van der Waals surface area contributed by atoms with Gasteiger partial charge in [0, 0.05) is 32.4 Å². The summed E-state index contributed by atoms with van der Waals surface area (Å²) in [4.78, 5) is 6.92. The number of anilines is 1. The van der Waals surface area contributed by atoms with E-state index in [-0.39, 0.29) is 0 Å². The van der Waals surface area contributed by atoms with Crippen molar-refractivity contribution in [2.75, 3.05) is 31.1 Å². The zero-order valence-corrected chi connectivity index (χ0v) is 9.87. The highest BCUT2D eigenvalue weighted by molar-refractivity contribution is 5.39. The van der Waals surface area contributed by atoms with Crippen LogP contribution >= 0.6 is 0 Å². The van der Waals surface area contributed by atoms with Crippen LogP contribution in [0.4, 0.5) is 5.82 Å². The topological polar surface area (TPSA) is 28.2 Å². The minimum Gasteiger partial charge on any atom is -0.357 e. The van der Waals surface area contributed by atoms with Crippen molar-refractivity contribution in [1.29, 1.82) is 0 Å². The van der Waals surface area contributed by atoms with Gasteiger partial charge in [-0.2, -0.15) is 0 Å². The Hall–Kier alpha value is -1.09. The van der Waals surface area contributed by atoms with E-state index in [4.69, 9.17) is 0 Å². The standard InChI is InChI=1S/C13H19N3/c1-11-2-3-12(15-8-11)16-6-4-13(5-7-16)9-14-10-13/h2-3,8,14H,4-7,9-10H2,1H3. The number of pyridine rings is 1. The van der Waals surface area contributed by atoms with Crippen molar-refractivity contribution >= 4 is 5.82 Å². The predicted octanol–water partition coefficient (Wildman–Crippen LogP) is 1.58. The molecule has 0 atom stereocenters. The van der Waals surface area contributed by atoms with Crippen LogP contribution in [-0.2, 0) is 0 Å². The first-order chi connectivity index (χ1) is 7.77. The summed E-state index contributed by atoms with van der Waals surface area (Å²) in [6, 6.07) is 4.30. The van der Waals surface area contributed by atoms with Crippen LogP contribution in [0.3, 0.4) is 0 Å². The van der Waals surface area contributed by atoms with Gasteiger partial charge in [0.15, 0.2) is 0 Å². The summed E-state index contributed by atoms with van der Waals surface area (Å²) >= 11 is 0. The fraction of sp³-hybridized carbons (Fsp3) is 0.615. The minimum atomic E-state index is 0.626. The summed E-state index contributed by atoms with van der Waals surface area (Å²) in [5.41, 5.74) is 1.86. The van der Waals surface area contributed by atoms with Crippen LogP contribution in [0.1, 0.15) is 18.4 Å². The molecule has 0 unspecified atom stereocenters. The molecule has 1 N–H and O–H groups in total. The number of nitrogens with zero attached hydrogens (tertiary/aromatic N) is 2. The van der Waals surface area contributed by atoms with Crippen LogP contribution in [-0.4, -0.2) is 31.2 Å². The van der Waals surface area contributed by atoms with Gasteiger partial charge in [0.1, 0.15) is 5.82 Å². The first-order valence-corrected chi connectivity index (χ1v) is 6.16. The third-order valence-corrected chi connectivity index (χ3v) is 4.04. The van der Waals surface area contributed by atoms with Gasteiger partial charge >= 0.3 is 0 Å². The molecule has 86 valence electrons. The molecule has 16 heavy (non-hydrogen) atoms. The number of aromatic nitrogens is 1. The minimum absolute atomic E-state index is 0.626. The molecule has 1 aromatic heterocycles. The summed E-state index contributed by atoms with van der Waals surface area (Å²) in [6.07, 6.45) is 4.59. The molecule has 1 aromatic rings.